The summed E-state index contributed by atoms with van der Waals surface area (Å²) in [6.07, 6.45) is 44.8. The molecular weight excluding hydrogens is 999 g/mol. The molecule has 2 amide bonds. The van der Waals surface area contributed by atoms with E-state index in [2.05, 4.69) is 48.1 Å². The van der Waals surface area contributed by atoms with Crippen molar-refractivity contribution in [2.24, 2.45) is 0 Å². The number of carbonyl (C=O) groups is 2. The van der Waals surface area contributed by atoms with Crippen LogP contribution in [-0.4, -0.2) is 155 Å². The zero-order valence-electron chi connectivity index (χ0n) is 51.7. The van der Waals surface area contributed by atoms with Crippen molar-refractivity contribution >= 4 is 33.4 Å². The summed E-state index contributed by atoms with van der Waals surface area (Å²) in [6.45, 7) is 14.0. The summed E-state index contributed by atoms with van der Waals surface area (Å²) in [5.74, 6) is 1.43. The van der Waals surface area contributed by atoms with Crippen molar-refractivity contribution in [1.82, 2.24) is 25.3 Å². The first-order valence-electron chi connectivity index (χ1n) is 33.1. The van der Waals surface area contributed by atoms with Gasteiger partial charge >= 0.3 is 0 Å². The van der Waals surface area contributed by atoms with Crippen LogP contribution in [0.25, 0.3) is 0 Å². The lowest BCUT2D eigenvalue weighted by Crippen LogP contribution is -2.48. The summed E-state index contributed by atoms with van der Waals surface area (Å²) < 4.78 is 0. The fourth-order valence-electron chi connectivity index (χ4n) is 10.4. The Kier molecular flexibility index (Phi) is 58.1. The van der Waals surface area contributed by atoms with Crippen LogP contribution in [-0.2, 0) is 9.59 Å². The first-order valence-corrected chi connectivity index (χ1v) is 35.6. The lowest BCUT2D eigenvalue weighted by atomic mass is 10.0. The van der Waals surface area contributed by atoms with Crippen molar-refractivity contribution in [1.29, 1.82) is 0 Å². The fraction of sp³-hybridized carbons (Fsp3) is 0.969. The summed E-state index contributed by atoms with van der Waals surface area (Å²) in [7, 11) is 7.54. The van der Waals surface area contributed by atoms with Crippen LogP contribution >= 0.6 is 21.6 Å². The standard InChI is InChI=1S/C64H131N5O6S2/c1-7-11-15-19-23-27-31-35-42-58(70)54-68(55-59(71)43-36-32-28-24-20-16-12-8-2)49-39-40-52-76-77-53-47-62(64(75)65-48-51-67(5)6)66-63(74)46-41-50-69(56-60(72)44-37-33-29-25-21-17-13-9-3)57-61(73)45-38-34-30-26-22-18-14-10-4/h58-62,70-73H,7-57H2,1-6H3,(H,65,75)(H,66,74). The highest BCUT2D eigenvalue weighted by Crippen LogP contribution is 2.24. The van der Waals surface area contributed by atoms with Crippen LogP contribution in [0.3, 0.4) is 0 Å². The molecule has 0 aromatic heterocycles. The first kappa shape index (κ1) is 76.4. The molecule has 5 unspecified atom stereocenters. The molecule has 0 aromatic carbocycles. The molecule has 0 aromatic rings. The Labute approximate surface area is 485 Å². The van der Waals surface area contributed by atoms with E-state index >= 15 is 0 Å². The second-order valence-corrected chi connectivity index (χ2v) is 26.3. The van der Waals surface area contributed by atoms with Crippen LogP contribution in [0.4, 0.5) is 0 Å². The molecular formula is C64H131N5O6S2. The number of hydrogen-bond donors (Lipinski definition) is 6. The van der Waals surface area contributed by atoms with Crippen LogP contribution in [0.2, 0.25) is 0 Å². The number of aliphatic hydroxyl groups is 4. The molecule has 11 nitrogen and oxygen atoms in total. The number of amides is 2. The van der Waals surface area contributed by atoms with Gasteiger partial charge in [0, 0.05) is 57.2 Å². The summed E-state index contributed by atoms with van der Waals surface area (Å²) in [4.78, 5) is 33.5. The highest BCUT2D eigenvalue weighted by atomic mass is 33.1. The predicted octanol–water partition coefficient (Wildman–Crippen LogP) is 14.7. The monoisotopic (exact) mass is 1130 g/mol. The maximum Gasteiger partial charge on any atom is 0.242 e. The number of carbonyl (C=O) groups excluding carboxylic acids is 2. The molecule has 0 saturated heterocycles. The summed E-state index contributed by atoms with van der Waals surface area (Å²) in [6, 6.07) is -0.612. The Morgan fingerprint density at radius 1 is 0.390 bits per heavy atom. The number of nitrogens with one attached hydrogen (secondary N) is 2. The molecule has 0 fully saturated rings. The van der Waals surface area contributed by atoms with Crippen molar-refractivity contribution in [3.63, 3.8) is 0 Å². The molecule has 5 atom stereocenters. The Morgan fingerprint density at radius 3 is 1.06 bits per heavy atom. The van der Waals surface area contributed by atoms with E-state index in [1.807, 2.05) is 29.8 Å². The summed E-state index contributed by atoms with van der Waals surface area (Å²) >= 11 is 0. The molecule has 0 aliphatic rings. The third-order valence-corrected chi connectivity index (χ3v) is 17.9. The minimum Gasteiger partial charge on any atom is -0.392 e. The van der Waals surface area contributed by atoms with Gasteiger partial charge in [-0.15, -0.1) is 0 Å². The fourth-order valence-corrected chi connectivity index (χ4v) is 12.7. The van der Waals surface area contributed by atoms with Gasteiger partial charge < -0.3 is 36.0 Å². The van der Waals surface area contributed by atoms with Gasteiger partial charge in [0.2, 0.25) is 11.8 Å². The van der Waals surface area contributed by atoms with Gasteiger partial charge in [-0.05, 0) is 78.6 Å². The SMILES string of the molecule is CCCCCCCCCCC(O)CN(CCCCSSCCC(NC(=O)CCCN(CC(O)CCCCCCCCCC)CC(O)CCCCCCCCCC)C(=O)NCCN(C)C)CC(O)CCCCCCCCCC. The highest BCUT2D eigenvalue weighted by Gasteiger charge is 2.22. The molecule has 0 bridgehead atoms. The molecule has 0 spiro atoms. The van der Waals surface area contributed by atoms with E-state index < -0.39 is 18.2 Å². The van der Waals surface area contributed by atoms with Crippen molar-refractivity contribution < 1.29 is 30.0 Å². The van der Waals surface area contributed by atoms with Gasteiger partial charge in [0.25, 0.3) is 0 Å². The molecule has 0 radical (unpaired) electrons. The topological polar surface area (TPSA) is 149 Å². The largest absolute Gasteiger partial charge is 0.392 e. The zero-order valence-corrected chi connectivity index (χ0v) is 53.3. The zero-order chi connectivity index (χ0) is 56.7. The second kappa shape index (κ2) is 58.6. The minimum absolute atomic E-state index is 0.135. The van der Waals surface area contributed by atoms with Crippen LogP contribution in [0, 0.1) is 0 Å². The van der Waals surface area contributed by atoms with E-state index in [1.54, 1.807) is 10.8 Å². The van der Waals surface area contributed by atoms with Gasteiger partial charge in [-0.2, -0.15) is 0 Å². The molecule has 6 N–H and O–H groups in total. The molecule has 460 valence electrons. The summed E-state index contributed by atoms with van der Waals surface area (Å²) in [5, 5.41) is 50.5. The molecule has 0 aliphatic carbocycles. The molecule has 13 heteroatoms. The number of likely N-dealkylation sites (N-methyl/N-ethyl adjacent to an activating group) is 1. The van der Waals surface area contributed by atoms with E-state index in [-0.39, 0.29) is 30.4 Å². The van der Waals surface area contributed by atoms with Gasteiger partial charge in [-0.1, -0.05) is 255 Å². The lowest BCUT2D eigenvalue weighted by molar-refractivity contribution is -0.129. The molecule has 0 saturated carbocycles. The predicted molar refractivity (Wildman–Crippen MR) is 337 cm³/mol. The van der Waals surface area contributed by atoms with E-state index in [1.165, 1.54) is 167 Å². The van der Waals surface area contributed by atoms with Gasteiger partial charge in [0.1, 0.15) is 6.04 Å². The first-order chi connectivity index (χ1) is 37.4. The van der Waals surface area contributed by atoms with Crippen molar-refractivity contribution in [2.45, 2.75) is 321 Å². The number of rotatable bonds is 62. The van der Waals surface area contributed by atoms with Crippen molar-refractivity contribution in [3.8, 4) is 0 Å². The van der Waals surface area contributed by atoms with E-state index in [9.17, 15) is 30.0 Å². The van der Waals surface area contributed by atoms with Crippen LogP contribution in [0.15, 0.2) is 0 Å². The quantitative estimate of drug-likeness (QED) is 0.0255. The Bertz CT molecular complexity index is 1190. The normalized spacial score (nSPS) is 13.9. The molecule has 0 heterocycles. The number of unbranched alkanes of at least 4 members (excludes halogenated alkanes) is 29. The Balaban J connectivity index is 5.23. The maximum atomic E-state index is 13.5. The van der Waals surface area contributed by atoms with Gasteiger partial charge in [0.05, 0.1) is 24.4 Å². The second-order valence-electron chi connectivity index (χ2n) is 23.6. The van der Waals surface area contributed by atoms with Crippen LogP contribution < -0.4 is 10.6 Å². The number of aliphatic hydroxyl groups excluding tert-OH is 4. The van der Waals surface area contributed by atoms with E-state index in [4.69, 9.17) is 0 Å². The lowest BCUT2D eigenvalue weighted by Gasteiger charge is -2.27. The molecule has 0 rings (SSSR count). The summed E-state index contributed by atoms with van der Waals surface area (Å²) in [5.41, 5.74) is 0. The van der Waals surface area contributed by atoms with Crippen molar-refractivity contribution in [3.05, 3.63) is 0 Å². The Hall–Kier alpha value is -0.640. The number of nitrogens with zero attached hydrogens (tertiary/aromatic N) is 3. The smallest absolute Gasteiger partial charge is 0.242 e. The highest BCUT2D eigenvalue weighted by molar-refractivity contribution is 8.76. The van der Waals surface area contributed by atoms with Crippen LogP contribution in [0.5, 0.6) is 0 Å². The van der Waals surface area contributed by atoms with Crippen molar-refractivity contribution in [2.75, 3.05) is 78.0 Å². The third kappa shape index (κ3) is 54.4. The number of hydrogen-bond acceptors (Lipinski definition) is 11. The third-order valence-electron chi connectivity index (χ3n) is 15.4. The van der Waals surface area contributed by atoms with Gasteiger partial charge in [-0.25, -0.2) is 0 Å². The van der Waals surface area contributed by atoms with E-state index in [0.29, 0.717) is 52.1 Å². The van der Waals surface area contributed by atoms with Gasteiger partial charge in [-0.3, -0.25) is 19.4 Å². The average molecular weight is 1130 g/mol. The van der Waals surface area contributed by atoms with Gasteiger partial charge in [0.15, 0.2) is 0 Å². The molecule has 0 aliphatic heterocycles. The minimum atomic E-state index is -0.612. The Morgan fingerprint density at radius 2 is 0.714 bits per heavy atom. The van der Waals surface area contributed by atoms with Crippen LogP contribution in [0.1, 0.15) is 291 Å². The maximum absolute atomic E-state index is 13.5. The molecule has 77 heavy (non-hydrogen) atoms. The van der Waals surface area contributed by atoms with E-state index in [0.717, 1.165) is 102 Å². The average Bonchev–Trinajstić information content (AvgIpc) is 3.39.